The summed E-state index contributed by atoms with van der Waals surface area (Å²) in [5.74, 6) is -2.25. The lowest BCUT2D eigenvalue weighted by molar-refractivity contribution is -0.161. The van der Waals surface area contributed by atoms with Gasteiger partial charge in [-0.25, -0.2) is 9.13 Å². The summed E-state index contributed by atoms with van der Waals surface area (Å²) < 4.78 is 68.5. The van der Waals surface area contributed by atoms with Crippen molar-refractivity contribution in [2.45, 2.75) is 367 Å². The molecule has 100 heavy (non-hydrogen) atoms. The van der Waals surface area contributed by atoms with E-state index in [1.165, 1.54) is 122 Å². The summed E-state index contributed by atoms with van der Waals surface area (Å²) in [6.45, 7) is 4.77. The highest BCUT2D eigenvalue weighted by Crippen LogP contribution is 2.45. The van der Waals surface area contributed by atoms with Gasteiger partial charge in [0.1, 0.15) is 19.3 Å². The molecular weight excluding hydrogens is 1310 g/mol. The van der Waals surface area contributed by atoms with Crippen LogP contribution >= 0.6 is 15.6 Å². The van der Waals surface area contributed by atoms with Crippen LogP contribution in [0.25, 0.3) is 0 Å². The number of hydrogen-bond donors (Lipinski definition) is 3. The summed E-state index contributed by atoms with van der Waals surface area (Å²) in [6, 6.07) is 0. The number of unbranched alkanes of at least 4 members (excludes halogenated alkanes) is 35. The number of allylic oxidation sites excluding steroid dienone is 14. The predicted molar refractivity (Wildman–Crippen MR) is 409 cm³/mol. The Kier molecular flexibility index (Phi) is 70.8. The van der Waals surface area contributed by atoms with Gasteiger partial charge in [-0.05, 0) is 141 Å². The molecule has 0 fully saturated rings. The molecule has 0 aromatic heterocycles. The Morgan fingerprint density at radius 2 is 0.500 bits per heavy atom. The van der Waals surface area contributed by atoms with E-state index in [0.29, 0.717) is 32.1 Å². The molecule has 0 saturated carbocycles. The van der Waals surface area contributed by atoms with Gasteiger partial charge in [-0.3, -0.25) is 37.3 Å². The van der Waals surface area contributed by atoms with Gasteiger partial charge < -0.3 is 33.8 Å². The second-order valence-electron chi connectivity index (χ2n) is 26.6. The number of phosphoric acid groups is 2. The molecule has 0 aliphatic rings. The number of rotatable bonds is 75. The minimum absolute atomic E-state index is 0.0187. The van der Waals surface area contributed by atoms with Gasteiger partial charge >= 0.3 is 39.5 Å². The minimum atomic E-state index is -4.99. The first-order valence-corrected chi connectivity index (χ1v) is 42.8. The normalized spacial score (nSPS) is 14.3. The molecule has 0 aliphatic carbocycles. The van der Waals surface area contributed by atoms with Gasteiger partial charge in [0.05, 0.1) is 26.4 Å². The third-order valence-corrected chi connectivity index (χ3v) is 18.7. The molecule has 3 N–H and O–H groups in total. The molecule has 0 aromatic carbocycles. The monoisotopic (exact) mass is 1450 g/mol. The van der Waals surface area contributed by atoms with Gasteiger partial charge in [0.15, 0.2) is 12.2 Å². The molecule has 2 unspecified atom stereocenters. The average molecular weight is 1450 g/mol. The fourth-order valence-corrected chi connectivity index (χ4v) is 12.2. The number of phosphoric ester groups is 2. The van der Waals surface area contributed by atoms with Crippen molar-refractivity contribution in [3.63, 3.8) is 0 Å². The second kappa shape index (κ2) is 73.5. The van der Waals surface area contributed by atoms with Crippen molar-refractivity contribution in [3.8, 4) is 0 Å². The molecule has 0 radical (unpaired) electrons. The molecular formula is C81H144O17P2. The molecule has 0 heterocycles. The molecule has 580 valence electrons. The van der Waals surface area contributed by atoms with Gasteiger partial charge in [0.25, 0.3) is 0 Å². The van der Waals surface area contributed by atoms with Crippen LogP contribution in [0.3, 0.4) is 0 Å². The molecule has 0 spiro atoms. The van der Waals surface area contributed by atoms with Crippen LogP contribution in [0, 0.1) is 0 Å². The lowest BCUT2D eigenvalue weighted by Crippen LogP contribution is -2.30. The lowest BCUT2D eigenvalue weighted by Gasteiger charge is -2.21. The topological polar surface area (TPSA) is 237 Å². The number of carbonyl (C=O) groups is 4. The first kappa shape index (κ1) is 96.2. The Morgan fingerprint density at radius 1 is 0.280 bits per heavy atom. The van der Waals surface area contributed by atoms with Crippen LogP contribution in [0.5, 0.6) is 0 Å². The quantitative estimate of drug-likeness (QED) is 0.0169. The molecule has 19 heteroatoms. The Morgan fingerprint density at radius 3 is 0.830 bits per heavy atom. The highest BCUT2D eigenvalue weighted by atomic mass is 31.2. The zero-order valence-corrected chi connectivity index (χ0v) is 65.2. The van der Waals surface area contributed by atoms with Crippen molar-refractivity contribution in [1.82, 2.24) is 0 Å². The van der Waals surface area contributed by atoms with Gasteiger partial charge in [-0.1, -0.05) is 267 Å². The molecule has 0 rings (SSSR count). The maximum Gasteiger partial charge on any atom is 0.472 e. The lowest BCUT2D eigenvalue weighted by atomic mass is 10.1. The third-order valence-electron chi connectivity index (χ3n) is 16.8. The van der Waals surface area contributed by atoms with Crippen LogP contribution in [0.4, 0.5) is 0 Å². The van der Waals surface area contributed by atoms with E-state index in [-0.39, 0.29) is 25.7 Å². The maximum absolute atomic E-state index is 13.1. The fraction of sp³-hybridized carbons (Fsp3) is 0.778. The average Bonchev–Trinajstić information content (AvgIpc) is 1.13. The van der Waals surface area contributed by atoms with Gasteiger partial charge in [-0.2, -0.15) is 0 Å². The predicted octanol–water partition coefficient (Wildman–Crippen LogP) is 23.0. The summed E-state index contributed by atoms with van der Waals surface area (Å²) in [7, 11) is -9.97. The molecule has 5 atom stereocenters. The highest BCUT2D eigenvalue weighted by Gasteiger charge is 2.30. The van der Waals surface area contributed by atoms with Crippen LogP contribution in [0.15, 0.2) is 85.1 Å². The van der Waals surface area contributed by atoms with Crippen molar-refractivity contribution in [1.29, 1.82) is 0 Å². The Balaban J connectivity index is 5.40. The van der Waals surface area contributed by atoms with E-state index in [1.807, 2.05) is 12.2 Å². The number of hydrogen-bond acceptors (Lipinski definition) is 15. The zero-order chi connectivity index (χ0) is 73.2. The first-order chi connectivity index (χ1) is 48.7. The first-order valence-electron chi connectivity index (χ1n) is 39.8. The van der Waals surface area contributed by atoms with Crippen LogP contribution in [-0.4, -0.2) is 96.7 Å². The van der Waals surface area contributed by atoms with E-state index >= 15 is 0 Å². The van der Waals surface area contributed by atoms with E-state index in [1.54, 1.807) is 0 Å². The number of aliphatic hydroxyl groups excluding tert-OH is 1. The summed E-state index contributed by atoms with van der Waals surface area (Å²) in [5.41, 5.74) is 0. The minimum Gasteiger partial charge on any atom is -0.462 e. The van der Waals surface area contributed by atoms with E-state index in [9.17, 15) is 43.2 Å². The van der Waals surface area contributed by atoms with E-state index in [4.69, 9.17) is 37.0 Å². The summed E-state index contributed by atoms with van der Waals surface area (Å²) in [6.07, 6.45) is 75.7. The van der Waals surface area contributed by atoms with Crippen LogP contribution in [0.2, 0.25) is 0 Å². The van der Waals surface area contributed by atoms with Gasteiger partial charge in [0, 0.05) is 25.7 Å². The highest BCUT2D eigenvalue weighted by molar-refractivity contribution is 7.47. The standard InChI is InChI=1S/C81H144O17P2/c1-5-9-13-17-21-25-29-33-36-37-40-44-48-52-56-60-64-68-81(86)98-76(71-91-78(83)65-61-57-53-49-45-41-32-28-24-20-16-12-8-4)73-95-99(87,88)93-69-75(82)70-94-100(89,90)96-74-77(97-80(85)67-63-59-55-51-47-43-39-35-31-27-23-19-15-11-7-3)72-92-79(84)66-62-58-54-50-46-42-38-34-30-26-22-18-14-10-6-2/h21,25,28,32-36,38-40,44,52,56,75-77,82H,5-20,22-24,26-27,29-31,37,41-43,45-51,53-55,57-74H2,1-4H3,(H,87,88)(H,89,90)/b25-21-,32-28-,36-33-,38-34-,39-35-,44-40-,56-52-/t75-,76-,77-/m1/s1. The third kappa shape index (κ3) is 72.6. The summed E-state index contributed by atoms with van der Waals surface area (Å²) in [5, 5.41) is 10.6. The number of aliphatic hydroxyl groups is 1. The zero-order valence-electron chi connectivity index (χ0n) is 63.4. The van der Waals surface area contributed by atoms with Gasteiger partial charge in [0.2, 0.25) is 0 Å². The Hall–Kier alpha value is -3.76. The van der Waals surface area contributed by atoms with Crippen molar-refractivity contribution >= 4 is 39.5 Å². The van der Waals surface area contributed by atoms with Crippen LogP contribution in [-0.2, 0) is 65.4 Å². The van der Waals surface area contributed by atoms with Crippen molar-refractivity contribution < 1.29 is 80.2 Å². The molecule has 0 saturated heterocycles. The van der Waals surface area contributed by atoms with Crippen LogP contribution < -0.4 is 0 Å². The fourth-order valence-electron chi connectivity index (χ4n) is 10.7. The molecule has 0 bridgehead atoms. The van der Waals surface area contributed by atoms with E-state index in [0.717, 1.165) is 141 Å². The molecule has 0 aliphatic heterocycles. The van der Waals surface area contributed by atoms with E-state index in [2.05, 4.69) is 101 Å². The molecule has 0 amide bonds. The summed E-state index contributed by atoms with van der Waals surface area (Å²) >= 11 is 0. The largest absolute Gasteiger partial charge is 0.472 e. The van der Waals surface area contributed by atoms with Crippen molar-refractivity contribution in [2.24, 2.45) is 0 Å². The molecule has 17 nitrogen and oxygen atoms in total. The Labute approximate surface area is 608 Å². The number of carbonyl (C=O) groups excluding carboxylic acids is 4. The van der Waals surface area contributed by atoms with E-state index < -0.39 is 97.5 Å². The molecule has 0 aromatic rings. The number of esters is 4. The maximum atomic E-state index is 13.1. The van der Waals surface area contributed by atoms with Gasteiger partial charge in [-0.15, -0.1) is 0 Å². The van der Waals surface area contributed by atoms with Crippen molar-refractivity contribution in [2.75, 3.05) is 39.6 Å². The second-order valence-corrected chi connectivity index (χ2v) is 29.5. The smallest absolute Gasteiger partial charge is 0.462 e. The van der Waals surface area contributed by atoms with Crippen molar-refractivity contribution in [3.05, 3.63) is 85.1 Å². The SMILES string of the molecule is CCCCC/C=C\C/C=C\C/C=C\C/C=C\CCCC(=O)O[C@H](COC(=O)CCCCCCC/C=C\CCCCCC)COP(=O)(O)OC[C@@H](O)COP(=O)(O)OC[C@@H](COC(=O)CCCCCCC/C=C\CCCCCCCC)OC(=O)CCCCCCC/C=C\CCCCCCCC. The summed E-state index contributed by atoms with van der Waals surface area (Å²) in [4.78, 5) is 72.9. The Bertz CT molecular complexity index is 2230. The van der Waals surface area contributed by atoms with Crippen LogP contribution in [0.1, 0.15) is 349 Å². The number of ether oxygens (including phenoxy) is 4.